The Hall–Kier alpha value is -2.50. The zero-order valence-corrected chi connectivity index (χ0v) is 14.6. The van der Waals surface area contributed by atoms with E-state index in [0.29, 0.717) is 27.7 Å². The zero-order chi connectivity index (χ0) is 18.1. The predicted octanol–water partition coefficient (Wildman–Crippen LogP) is 5.54. The summed E-state index contributed by atoms with van der Waals surface area (Å²) in [6, 6.07) is 10.6. The van der Waals surface area contributed by atoms with Gasteiger partial charge in [0, 0.05) is 11.3 Å². The number of anilines is 2. The summed E-state index contributed by atoms with van der Waals surface area (Å²) in [5.41, 5.74) is 7.97. The number of nitrogens with one attached hydrogen (secondary N) is 1. The van der Waals surface area contributed by atoms with Crippen LogP contribution in [0.5, 0.6) is 0 Å². The quantitative estimate of drug-likeness (QED) is 0.588. The van der Waals surface area contributed by atoms with E-state index < -0.39 is 11.7 Å². The van der Waals surface area contributed by atoms with E-state index in [9.17, 15) is 9.18 Å². The third-order valence-corrected chi connectivity index (χ3v) is 4.17. The van der Waals surface area contributed by atoms with Gasteiger partial charge in [-0.1, -0.05) is 23.2 Å². The van der Waals surface area contributed by atoms with Gasteiger partial charge in [0.2, 0.25) is 0 Å². The molecule has 1 heterocycles. The third-order valence-electron chi connectivity index (χ3n) is 3.58. The van der Waals surface area contributed by atoms with Crippen molar-refractivity contribution in [2.24, 2.45) is 0 Å². The summed E-state index contributed by atoms with van der Waals surface area (Å²) in [5.74, 6) is -0.507. The lowest BCUT2D eigenvalue weighted by Crippen LogP contribution is -2.12. The molecule has 7 heteroatoms. The highest BCUT2D eigenvalue weighted by Crippen LogP contribution is 2.30. The summed E-state index contributed by atoms with van der Waals surface area (Å²) in [4.78, 5) is 12.4. The van der Waals surface area contributed by atoms with Crippen LogP contribution in [-0.2, 0) is 0 Å². The molecule has 0 spiro atoms. The molecule has 0 aliphatic heterocycles. The highest BCUT2D eigenvalue weighted by molar-refractivity contribution is 6.34. The number of aryl methyl sites for hydroxylation is 1. The molecule has 0 radical (unpaired) electrons. The van der Waals surface area contributed by atoms with Gasteiger partial charge >= 0.3 is 0 Å². The maximum atomic E-state index is 13.2. The van der Waals surface area contributed by atoms with Crippen molar-refractivity contribution in [1.29, 1.82) is 0 Å². The molecule has 0 saturated carbocycles. The smallest absolute Gasteiger partial charge is 0.291 e. The van der Waals surface area contributed by atoms with Crippen LogP contribution < -0.4 is 11.1 Å². The van der Waals surface area contributed by atoms with E-state index in [1.54, 1.807) is 25.1 Å². The Kier molecular flexibility index (Phi) is 4.70. The minimum atomic E-state index is -0.525. The van der Waals surface area contributed by atoms with E-state index in [-0.39, 0.29) is 10.8 Å². The zero-order valence-electron chi connectivity index (χ0n) is 13.1. The van der Waals surface area contributed by atoms with Crippen molar-refractivity contribution >= 4 is 40.5 Å². The lowest BCUT2D eigenvalue weighted by atomic mass is 10.1. The van der Waals surface area contributed by atoms with Gasteiger partial charge in [0.15, 0.2) is 5.76 Å². The molecule has 2 aromatic carbocycles. The van der Waals surface area contributed by atoms with E-state index in [2.05, 4.69) is 5.32 Å². The van der Waals surface area contributed by atoms with Crippen molar-refractivity contribution in [1.82, 2.24) is 0 Å². The van der Waals surface area contributed by atoms with Gasteiger partial charge in [0.1, 0.15) is 11.6 Å². The van der Waals surface area contributed by atoms with Gasteiger partial charge in [-0.3, -0.25) is 4.79 Å². The topological polar surface area (TPSA) is 68.3 Å². The van der Waals surface area contributed by atoms with Crippen LogP contribution in [0.15, 0.2) is 46.9 Å². The predicted molar refractivity (Wildman–Crippen MR) is 97.7 cm³/mol. The summed E-state index contributed by atoms with van der Waals surface area (Å²) in [7, 11) is 0. The van der Waals surface area contributed by atoms with Gasteiger partial charge < -0.3 is 15.5 Å². The van der Waals surface area contributed by atoms with Crippen LogP contribution in [0, 0.1) is 12.7 Å². The molecule has 0 unspecified atom stereocenters. The highest BCUT2D eigenvalue weighted by Gasteiger charge is 2.16. The molecule has 128 valence electrons. The van der Waals surface area contributed by atoms with Crippen LogP contribution in [0.2, 0.25) is 10.0 Å². The first-order valence-electron chi connectivity index (χ1n) is 7.27. The number of halogens is 3. The monoisotopic (exact) mass is 378 g/mol. The van der Waals surface area contributed by atoms with Crippen LogP contribution in [0.1, 0.15) is 16.1 Å². The number of rotatable bonds is 3. The van der Waals surface area contributed by atoms with Crippen molar-refractivity contribution in [2.45, 2.75) is 6.92 Å². The number of hydrogen-bond acceptors (Lipinski definition) is 3. The molecule has 3 aromatic rings. The number of benzene rings is 2. The number of amides is 1. The Morgan fingerprint density at radius 1 is 1.12 bits per heavy atom. The van der Waals surface area contributed by atoms with Crippen molar-refractivity contribution in [3.8, 4) is 11.3 Å². The summed E-state index contributed by atoms with van der Waals surface area (Å²) in [6.07, 6.45) is 0. The molecule has 0 aliphatic carbocycles. The number of carbonyl (C=O) groups excluding carboxylic acids is 1. The van der Waals surface area contributed by atoms with E-state index in [1.807, 2.05) is 0 Å². The molecule has 3 rings (SSSR count). The summed E-state index contributed by atoms with van der Waals surface area (Å²) in [5, 5.41) is 3.01. The van der Waals surface area contributed by atoms with E-state index >= 15 is 0 Å². The first-order chi connectivity index (χ1) is 11.8. The summed E-state index contributed by atoms with van der Waals surface area (Å²) >= 11 is 11.9. The average Bonchev–Trinajstić information content (AvgIpc) is 3.03. The first-order valence-corrected chi connectivity index (χ1v) is 8.03. The maximum absolute atomic E-state index is 13.2. The van der Waals surface area contributed by atoms with Gasteiger partial charge in [0.05, 0.1) is 15.7 Å². The van der Waals surface area contributed by atoms with Gasteiger partial charge in [-0.2, -0.15) is 0 Å². The molecular weight excluding hydrogens is 366 g/mol. The van der Waals surface area contributed by atoms with Gasteiger partial charge in [-0.05, 0) is 55.0 Å². The van der Waals surface area contributed by atoms with E-state index in [1.165, 1.54) is 24.3 Å². The van der Waals surface area contributed by atoms with Crippen LogP contribution in [0.25, 0.3) is 11.3 Å². The van der Waals surface area contributed by atoms with Crippen molar-refractivity contribution in [3.63, 3.8) is 0 Å². The van der Waals surface area contributed by atoms with Crippen LogP contribution in [0.4, 0.5) is 15.8 Å². The fourth-order valence-electron chi connectivity index (χ4n) is 2.37. The van der Waals surface area contributed by atoms with Crippen LogP contribution in [-0.4, -0.2) is 5.91 Å². The molecular formula is C18H13Cl2FN2O2. The first kappa shape index (κ1) is 17.3. The fraction of sp³-hybridized carbons (Fsp3) is 0.0556. The molecule has 1 aromatic heterocycles. The molecule has 0 atom stereocenters. The molecule has 4 nitrogen and oxygen atoms in total. The maximum Gasteiger partial charge on any atom is 0.291 e. The molecule has 0 fully saturated rings. The lowest BCUT2D eigenvalue weighted by molar-refractivity contribution is 0.0997. The van der Waals surface area contributed by atoms with Crippen LogP contribution >= 0.6 is 23.2 Å². The lowest BCUT2D eigenvalue weighted by Gasteiger charge is -2.10. The molecule has 25 heavy (non-hydrogen) atoms. The SMILES string of the molecule is Cc1cc(N)cc(Cl)c1NC(=O)c1ccc(-c2ccc(F)c(Cl)c2)o1. The standard InChI is InChI=1S/C18H13Cl2FN2O2/c1-9-6-11(22)8-13(20)17(9)23-18(24)16-5-4-15(25-16)10-2-3-14(21)12(19)7-10/h2-8H,22H2,1H3,(H,23,24). The molecule has 3 N–H and O–H groups in total. The van der Waals surface area contributed by atoms with Gasteiger partial charge in [-0.25, -0.2) is 4.39 Å². The van der Waals surface area contributed by atoms with Crippen molar-refractivity contribution < 1.29 is 13.6 Å². The normalized spacial score (nSPS) is 10.7. The Morgan fingerprint density at radius 3 is 2.56 bits per heavy atom. The second kappa shape index (κ2) is 6.78. The molecule has 1 amide bonds. The second-order valence-corrected chi connectivity index (χ2v) is 6.26. The molecule has 0 aliphatic rings. The minimum absolute atomic E-state index is 0.0239. The number of nitrogen functional groups attached to an aromatic ring is 1. The van der Waals surface area contributed by atoms with Gasteiger partial charge in [0.25, 0.3) is 5.91 Å². The molecule has 0 saturated heterocycles. The van der Waals surface area contributed by atoms with Gasteiger partial charge in [-0.15, -0.1) is 0 Å². The number of hydrogen-bond donors (Lipinski definition) is 2. The summed E-state index contributed by atoms with van der Waals surface area (Å²) in [6.45, 7) is 1.78. The number of carbonyl (C=O) groups is 1. The van der Waals surface area contributed by atoms with Crippen molar-refractivity contribution in [2.75, 3.05) is 11.1 Å². The largest absolute Gasteiger partial charge is 0.451 e. The van der Waals surface area contributed by atoms with Crippen LogP contribution in [0.3, 0.4) is 0 Å². The molecule has 0 bridgehead atoms. The van der Waals surface area contributed by atoms with Crippen molar-refractivity contribution in [3.05, 3.63) is 69.7 Å². The Morgan fingerprint density at radius 2 is 1.88 bits per heavy atom. The summed E-state index contributed by atoms with van der Waals surface area (Å²) < 4.78 is 18.8. The minimum Gasteiger partial charge on any atom is -0.451 e. The Bertz CT molecular complexity index is 946. The third kappa shape index (κ3) is 3.62. The second-order valence-electron chi connectivity index (χ2n) is 5.44. The van der Waals surface area contributed by atoms with E-state index in [0.717, 1.165) is 5.56 Å². The number of furan rings is 1. The highest BCUT2D eigenvalue weighted by atomic mass is 35.5. The van der Waals surface area contributed by atoms with E-state index in [4.69, 9.17) is 33.4 Å². The fourth-order valence-corrected chi connectivity index (χ4v) is 2.87. The Labute approximate surface area is 153 Å². The average molecular weight is 379 g/mol. The Balaban J connectivity index is 1.85. The number of nitrogens with two attached hydrogens (primary N) is 1.